The Kier molecular flexibility index (Phi) is 5.11. The molecule has 0 bridgehead atoms. The Morgan fingerprint density at radius 2 is 1.55 bits per heavy atom. The van der Waals surface area contributed by atoms with E-state index in [9.17, 15) is 0 Å². The summed E-state index contributed by atoms with van der Waals surface area (Å²) in [6, 6.07) is 18.5. The Morgan fingerprint density at radius 3 is 2.32 bits per heavy atom. The molecular weight excluding hydrogens is 274 g/mol. The van der Waals surface area contributed by atoms with E-state index in [2.05, 4.69) is 35.2 Å². The predicted molar refractivity (Wildman–Crippen MR) is 90.4 cm³/mol. The molecule has 0 atom stereocenters. The Bertz CT molecular complexity index is 604. The minimum Gasteiger partial charge on any atom is -0.489 e. The third-order valence-electron chi connectivity index (χ3n) is 3.68. The molecule has 0 unspecified atom stereocenters. The van der Waals surface area contributed by atoms with Crippen molar-refractivity contribution >= 4 is 11.8 Å². The summed E-state index contributed by atoms with van der Waals surface area (Å²) in [4.78, 5) is 2.35. The molecule has 2 aromatic carbocycles. The van der Waals surface area contributed by atoms with Gasteiger partial charge in [-0.05, 0) is 24.3 Å². The van der Waals surface area contributed by atoms with E-state index in [1.807, 2.05) is 36.4 Å². The number of hydrogen-bond donors (Lipinski definition) is 0. The molecule has 0 aliphatic carbocycles. The van der Waals surface area contributed by atoms with Crippen molar-refractivity contribution in [3.8, 4) is 5.75 Å². The molecule has 0 radical (unpaired) electrons. The number of anilines is 1. The van der Waals surface area contributed by atoms with Crippen molar-refractivity contribution < 1.29 is 9.47 Å². The lowest BCUT2D eigenvalue weighted by atomic mass is 10.1. The van der Waals surface area contributed by atoms with E-state index in [0.29, 0.717) is 6.61 Å². The summed E-state index contributed by atoms with van der Waals surface area (Å²) in [5.41, 5.74) is 2.48. The third kappa shape index (κ3) is 3.89. The number of benzene rings is 2. The number of para-hydroxylation sites is 2. The van der Waals surface area contributed by atoms with Crippen LogP contribution in [0.25, 0.3) is 6.08 Å². The molecule has 1 saturated heterocycles. The average Bonchev–Trinajstić information content (AvgIpc) is 2.64. The molecule has 0 N–H and O–H groups in total. The summed E-state index contributed by atoms with van der Waals surface area (Å²) in [6.45, 7) is 4.45. The normalized spacial score (nSPS) is 16.1. The van der Waals surface area contributed by atoms with E-state index in [-0.39, 0.29) is 0 Å². The van der Waals surface area contributed by atoms with Gasteiger partial charge in [-0.3, -0.25) is 0 Å². The molecule has 3 heteroatoms. The van der Waals surface area contributed by atoms with Crippen LogP contribution in [0.15, 0.2) is 60.7 Å². The van der Waals surface area contributed by atoms with Crippen LogP contribution in [0, 0.1) is 0 Å². The summed E-state index contributed by atoms with van der Waals surface area (Å²) in [7, 11) is 0. The highest BCUT2D eigenvalue weighted by atomic mass is 16.5. The van der Waals surface area contributed by atoms with Gasteiger partial charge in [-0.2, -0.15) is 0 Å². The lowest BCUT2D eigenvalue weighted by Gasteiger charge is -2.28. The van der Waals surface area contributed by atoms with Crippen molar-refractivity contribution in [2.75, 3.05) is 37.8 Å². The van der Waals surface area contributed by atoms with Crippen LogP contribution in [0.2, 0.25) is 0 Å². The van der Waals surface area contributed by atoms with Gasteiger partial charge in [0, 0.05) is 24.3 Å². The van der Waals surface area contributed by atoms with E-state index < -0.39 is 0 Å². The van der Waals surface area contributed by atoms with Crippen molar-refractivity contribution in [2.45, 2.75) is 0 Å². The zero-order chi connectivity index (χ0) is 15.0. The van der Waals surface area contributed by atoms with E-state index in [1.54, 1.807) is 0 Å². The maximum atomic E-state index is 5.34. The Hall–Kier alpha value is -2.26. The summed E-state index contributed by atoms with van der Waals surface area (Å²) >= 11 is 0. The quantitative estimate of drug-likeness (QED) is 0.802. The Balaban J connectivity index is 0.000000133. The highest BCUT2D eigenvalue weighted by molar-refractivity contribution is 5.58. The number of hydrogen-bond acceptors (Lipinski definition) is 3. The second-order valence-corrected chi connectivity index (χ2v) is 5.19. The van der Waals surface area contributed by atoms with Crippen molar-refractivity contribution in [2.24, 2.45) is 0 Å². The van der Waals surface area contributed by atoms with Gasteiger partial charge in [0.05, 0.1) is 13.2 Å². The molecule has 3 nitrogen and oxygen atoms in total. The molecule has 2 aliphatic rings. The van der Waals surface area contributed by atoms with Gasteiger partial charge < -0.3 is 14.4 Å². The first-order valence-corrected chi connectivity index (χ1v) is 7.69. The van der Waals surface area contributed by atoms with Crippen LogP contribution in [-0.4, -0.2) is 32.9 Å². The van der Waals surface area contributed by atoms with Gasteiger partial charge in [0.2, 0.25) is 0 Å². The third-order valence-corrected chi connectivity index (χ3v) is 3.68. The predicted octanol–water partition coefficient (Wildman–Crippen LogP) is 3.62. The van der Waals surface area contributed by atoms with Crippen LogP contribution in [0.3, 0.4) is 0 Å². The zero-order valence-corrected chi connectivity index (χ0v) is 12.7. The monoisotopic (exact) mass is 295 g/mol. The van der Waals surface area contributed by atoms with E-state index in [4.69, 9.17) is 9.47 Å². The van der Waals surface area contributed by atoms with Gasteiger partial charge in [-0.25, -0.2) is 0 Å². The van der Waals surface area contributed by atoms with Crippen LogP contribution in [0.1, 0.15) is 5.56 Å². The van der Waals surface area contributed by atoms with Crippen LogP contribution in [0.4, 0.5) is 5.69 Å². The fourth-order valence-electron chi connectivity index (χ4n) is 2.52. The SMILES string of the molecule is C1=Cc2ccccc2OC1.c1ccc(N2CCOCC2)cc1. The van der Waals surface area contributed by atoms with Crippen molar-refractivity contribution in [1.82, 2.24) is 0 Å². The zero-order valence-electron chi connectivity index (χ0n) is 12.7. The highest BCUT2D eigenvalue weighted by Gasteiger charge is 2.09. The number of rotatable bonds is 1. The summed E-state index contributed by atoms with van der Waals surface area (Å²) in [6.07, 6.45) is 4.10. The van der Waals surface area contributed by atoms with E-state index in [1.165, 1.54) is 11.3 Å². The minimum absolute atomic E-state index is 0.705. The molecule has 2 aliphatic heterocycles. The molecule has 2 heterocycles. The highest BCUT2D eigenvalue weighted by Crippen LogP contribution is 2.21. The Labute approximate surface area is 131 Å². The van der Waals surface area contributed by atoms with Crippen molar-refractivity contribution in [1.29, 1.82) is 0 Å². The van der Waals surface area contributed by atoms with E-state index in [0.717, 1.165) is 32.1 Å². The lowest BCUT2D eigenvalue weighted by Crippen LogP contribution is -2.36. The fourth-order valence-corrected chi connectivity index (χ4v) is 2.52. The maximum absolute atomic E-state index is 5.34. The molecule has 0 aromatic heterocycles. The van der Waals surface area contributed by atoms with Gasteiger partial charge >= 0.3 is 0 Å². The van der Waals surface area contributed by atoms with Crippen molar-refractivity contribution in [3.63, 3.8) is 0 Å². The van der Waals surface area contributed by atoms with Gasteiger partial charge in [0.15, 0.2) is 0 Å². The second kappa shape index (κ2) is 7.66. The standard InChI is InChI=1S/C10H13NO.C9H8O/c1-2-4-10(5-3-1)11-6-8-12-9-7-11;1-2-6-9-8(4-1)5-3-7-10-9/h1-5H,6-9H2;1-6H,7H2. The first-order chi connectivity index (χ1) is 10.9. The number of ether oxygens (including phenoxy) is 2. The minimum atomic E-state index is 0.705. The molecule has 114 valence electrons. The molecule has 0 saturated carbocycles. The van der Waals surface area contributed by atoms with Crippen LogP contribution in [0.5, 0.6) is 5.75 Å². The average molecular weight is 295 g/mol. The van der Waals surface area contributed by atoms with Gasteiger partial charge in [0.1, 0.15) is 12.4 Å². The fraction of sp³-hybridized carbons (Fsp3) is 0.263. The maximum Gasteiger partial charge on any atom is 0.126 e. The largest absolute Gasteiger partial charge is 0.489 e. The topological polar surface area (TPSA) is 21.7 Å². The summed E-state index contributed by atoms with van der Waals surface area (Å²) in [5.74, 6) is 0.991. The molecule has 0 spiro atoms. The number of morpholine rings is 1. The summed E-state index contributed by atoms with van der Waals surface area (Å²) < 4.78 is 10.6. The summed E-state index contributed by atoms with van der Waals surface area (Å²) in [5, 5.41) is 0. The smallest absolute Gasteiger partial charge is 0.126 e. The Morgan fingerprint density at radius 1 is 0.818 bits per heavy atom. The van der Waals surface area contributed by atoms with Crippen LogP contribution in [-0.2, 0) is 4.74 Å². The first kappa shape index (κ1) is 14.7. The number of fused-ring (bicyclic) bond motifs is 1. The van der Waals surface area contributed by atoms with Gasteiger partial charge in [-0.15, -0.1) is 0 Å². The number of nitrogens with zero attached hydrogens (tertiary/aromatic N) is 1. The second-order valence-electron chi connectivity index (χ2n) is 5.19. The molecular formula is C19H21NO2. The van der Waals surface area contributed by atoms with Gasteiger partial charge in [-0.1, -0.05) is 42.5 Å². The van der Waals surface area contributed by atoms with E-state index >= 15 is 0 Å². The van der Waals surface area contributed by atoms with Crippen LogP contribution < -0.4 is 9.64 Å². The van der Waals surface area contributed by atoms with Crippen molar-refractivity contribution in [3.05, 3.63) is 66.2 Å². The molecule has 1 fully saturated rings. The molecule has 4 rings (SSSR count). The lowest BCUT2D eigenvalue weighted by molar-refractivity contribution is 0.122. The molecule has 2 aromatic rings. The molecule has 0 amide bonds. The van der Waals surface area contributed by atoms with Gasteiger partial charge in [0.25, 0.3) is 0 Å². The van der Waals surface area contributed by atoms with Crippen LogP contribution >= 0.6 is 0 Å². The first-order valence-electron chi connectivity index (χ1n) is 7.69. The molecule has 22 heavy (non-hydrogen) atoms.